The molecule has 142 valence electrons. The first kappa shape index (κ1) is 18.2. The van der Waals surface area contributed by atoms with E-state index in [9.17, 15) is 10.1 Å². The van der Waals surface area contributed by atoms with Gasteiger partial charge in [-0.15, -0.1) is 0 Å². The fraction of sp³-hybridized carbons (Fsp3) is 0.273. The highest BCUT2D eigenvalue weighted by Crippen LogP contribution is 2.44. The van der Waals surface area contributed by atoms with Crippen LogP contribution < -0.4 is 10.2 Å². The Labute approximate surface area is 163 Å². The van der Waals surface area contributed by atoms with Crippen molar-refractivity contribution < 1.29 is 14.4 Å². The van der Waals surface area contributed by atoms with Crippen LogP contribution >= 0.6 is 0 Å². The molecule has 2 aliphatic heterocycles. The third kappa shape index (κ3) is 2.85. The van der Waals surface area contributed by atoms with E-state index in [-0.39, 0.29) is 5.91 Å². The van der Waals surface area contributed by atoms with Gasteiger partial charge in [0.05, 0.1) is 31.0 Å². The van der Waals surface area contributed by atoms with Crippen LogP contribution in [0.1, 0.15) is 40.9 Å². The van der Waals surface area contributed by atoms with Crippen molar-refractivity contribution in [1.29, 1.82) is 5.26 Å². The number of hydroxylamine groups is 1. The highest BCUT2D eigenvalue weighted by Gasteiger charge is 2.41. The summed E-state index contributed by atoms with van der Waals surface area (Å²) in [6.07, 6.45) is 0. The molecular weight excluding hydrogens is 354 g/mol. The van der Waals surface area contributed by atoms with Gasteiger partial charge in [-0.3, -0.25) is 4.79 Å². The van der Waals surface area contributed by atoms with Crippen LogP contribution in [0.2, 0.25) is 0 Å². The molecule has 0 unspecified atom stereocenters. The van der Waals surface area contributed by atoms with E-state index in [1.54, 1.807) is 30.2 Å². The van der Waals surface area contributed by atoms with Gasteiger partial charge in [-0.05, 0) is 43.7 Å². The lowest BCUT2D eigenvalue weighted by molar-refractivity contribution is 0.0773. The zero-order chi connectivity index (χ0) is 19.9. The van der Waals surface area contributed by atoms with Gasteiger partial charge in [-0.1, -0.05) is 18.2 Å². The zero-order valence-corrected chi connectivity index (χ0v) is 16.1. The molecule has 0 bridgehead atoms. The second-order valence-electron chi connectivity index (χ2n) is 7.34. The molecular formula is C22H21N3O3. The number of amides is 1. The van der Waals surface area contributed by atoms with Gasteiger partial charge in [0.25, 0.3) is 5.91 Å². The number of carbonyl (C=O) groups excluding carboxylic acids is 1. The van der Waals surface area contributed by atoms with Crippen LogP contribution in [0.25, 0.3) is 5.70 Å². The van der Waals surface area contributed by atoms with Crippen LogP contribution in [0.3, 0.4) is 0 Å². The molecule has 0 aliphatic carbocycles. The Morgan fingerprint density at radius 2 is 2.04 bits per heavy atom. The molecule has 2 aromatic carbocycles. The number of carbonyl (C=O) groups is 1. The summed E-state index contributed by atoms with van der Waals surface area (Å²) in [7, 11) is 1.55. The average molecular weight is 375 g/mol. The van der Waals surface area contributed by atoms with E-state index in [0.717, 1.165) is 22.4 Å². The Kier molecular flexibility index (Phi) is 4.42. The summed E-state index contributed by atoms with van der Waals surface area (Å²) in [6, 6.07) is 15.1. The Morgan fingerprint density at radius 3 is 2.75 bits per heavy atom. The minimum absolute atomic E-state index is 0.0495. The predicted molar refractivity (Wildman–Crippen MR) is 104 cm³/mol. The second kappa shape index (κ2) is 6.79. The summed E-state index contributed by atoms with van der Waals surface area (Å²) in [6.45, 7) is 4.80. The van der Waals surface area contributed by atoms with Crippen LogP contribution in [0.5, 0.6) is 5.75 Å². The molecule has 6 nitrogen and oxygen atoms in total. The number of rotatable bonds is 4. The Bertz CT molecular complexity index is 1030. The first-order chi connectivity index (χ1) is 13.5. The first-order valence-corrected chi connectivity index (χ1v) is 9.09. The highest BCUT2D eigenvalue weighted by atomic mass is 16.6. The van der Waals surface area contributed by atoms with Gasteiger partial charge < -0.3 is 14.5 Å². The van der Waals surface area contributed by atoms with E-state index in [4.69, 9.17) is 9.57 Å². The van der Waals surface area contributed by atoms with Crippen molar-refractivity contribution in [1.82, 2.24) is 10.4 Å². The monoisotopic (exact) mass is 375 g/mol. The maximum absolute atomic E-state index is 13.2. The number of nitrogens with zero attached hydrogens (tertiary/aromatic N) is 2. The van der Waals surface area contributed by atoms with Gasteiger partial charge in [0.15, 0.2) is 0 Å². The Balaban J connectivity index is 1.93. The highest BCUT2D eigenvalue weighted by molar-refractivity contribution is 6.04. The molecule has 1 amide bonds. The number of hydrogen-bond acceptors (Lipinski definition) is 5. The fourth-order valence-electron chi connectivity index (χ4n) is 3.84. The van der Waals surface area contributed by atoms with E-state index < -0.39 is 5.60 Å². The quantitative estimate of drug-likeness (QED) is 0.831. The predicted octanol–water partition coefficient (Wildman–Crippen LogP) is 3.25. The summed E-state index contributed by atoms with van der Waals surface area (Å²) in [5, 5.41) is 9.37. The Hall–Kier alpha value is -3.14. The molecule has 2 aliphatic rings. The molecule has 0 aromatic heterocycles. The molecule has 6 heteroatoms. The SMILES string of the molecule is CONCC1=C(N2Cc3ccccc3C2=O)c2cc(C#N)ccc2OC1(C)C. The molecule has 28 heavy (non-hydrogen) atoms. The van der Waals surface area contributed by atoms with Crippen LogP contribution in [0.4, 0.5) is 0 Å². The number of benzene rings is 2. The molecule has 0 saturated heterocycles. The van der Waals surface area contributed by atoms with E-state index in [1.807, 2.05) is 38.1 Å². The smallest absolute Gasteiger partial charge is 0.258 e. The van der Waals surface area contributed by atoms with Crippen LogP contribution in [-0.2, 0) is 11.4 Å². The van der Waals surface area contributed by atoms with Gasteiger partial charge in [0.1, 0.15) is 11.4 Å². The van der Waals surface area contributed by atoms with Crippen LogP contribution in [0, 0.1) is 11.3 Å². The standard InChI is InChI=1S/C22H21N3O3/c1-22(2)18(12-24-27-3)20(17-10-14(11-23)8-9-19(17)28-22)25-13-15-6-4-5-7-16(15)21(25)26/h4-10,24H,12-13H2,1-3H3. The summed E-state index contributed by atoms with van der Waals surface area (Å²) in [5.74, 6) is 0.607. The molecule has 2 heterocycles. The second-order valence-corrected chi connectivity index (χ2v) is 7.34. The van der Waals surface area contributed by atoms with E-state index in [2.05, 4.69) is 11.5 Å². The lowest BCUT2D eigenvalue weighted by atomic mass is 9.88. The average Bonchev–Trinajstić information content (AvgIpc) is 3.02. The van der Waals surface area contributed by atoms with E-state index in [0.29, 0.717) is 30.0 Å². The number of ether oxygens (including phenoxy) is 1. The third-order valence-electron chi connectivity index (χ3n) is 5.23. The van der Waals surface area contributed by atoms with Crippen molar-refractivity contribution in [3.8, 4) is 11.8 Å². The van der Waals surface area contributed by atoms with Crippen molar-refractivity contribution in [2.45, 2.75) is 26.0 Å². The van der Waals surface area contributed by atoms with Crippen molar-refractivity contribution in [3.05, 3.63) is 70.3 Å². The number of hydrogen-bond donors (Lipinski definition) is 1. The molecule has 2 aromatic rings. The third-order valence-corrected chi connectivity index (χ3v) is 5.23. The van der Waals surface area contributed by atoms with Gasteiger partial charge in [-0.25, -0.2) is 0 Å². The van der Waals surface area contributed by atoms with Crippen molar-refractivity contribution in [3.63, 3.8) is 0 Å². The topological polar surface area (TPSA) is 74.6 Å². The normalized spacial score (nSPS) is 17.1. The summed E-state index contributed by atoms with van der Waals surface area (Å²) >= 11 is 0. The number of nitrogens with one attached hydrogen (secondary N) is 1. The fourth-order valence-corrected chi connectivity index (χ4v) is 3.84. The zero-order valence-electron chi connectivity index (χ0n) is 16.1. The van der Waals surface area contributed by atoms with Crippen molar-refractivity contribution in [2.24, 2.45) is 0 Å². The van der Waals surface area contributed by atoms with E-state index >= 15 is 0 Å². The van der Waals surface area contributed by atoms with Crippen LogP contribution in [0.15, 0.2) is 48.0 Å². The molecule has 0 fully saturated rings. The summed E-state index contributed by atoms with van der Waals surface area (Å²) in [4.78, 5) is 20.1. The lowest BCUT2D eigenvalue weighted by Crippen LogP contribution is -2.42. The number of nitriles is 1. The van der Waals surface area contributed by atoms with Gasteiger partial charge in [-0.2, -0.15) is 10.7 Å². The van der Waals surface area contributed by atoms with Gasteiger partial charge >= 0.3 is 0 Å². The van der Waals surface area contributed by atoms with Gasteiger partial charge in [0.2, 0.25) is 0 Å². The molecule has 0 radical (unpaired) electrons. The maximum atomic E-state index is 13.2. The minimum Gasteiger partial charge on any atom is -0.483 e. The number of fused-ring (bicyclic) bond motifs is 2. The Morgan fingerprint density at radius 1 is 1.25 bits per heavy atom. The first-order valence-electron chi connectivity index (χ1n) is 9.09. The maximum Gasteiger partial charge on any atom is 0.258 e. The summed E-state index contributed by atoms with van der Waals surface area (Å²) < 4.78 is 6.23. The van der Waals surface area contributed by atoms with Gasteiger partial charge in [0, 0.05) is 23.2 Å². The minimum atomic E-state index is -0.656. The molecule has 0 atom stereocenters. The summed E-state index contributed by atoms with van der Waals surface area (Å²) in [5.41, 5.74) is 6.84. The molecule has 4 rings (SSSR count). The molecule has 0 spiro atoms. The van der Waals surface area contributed by atoms with Crippen molar-refractivity contribution >= 4 is 11.6 Å². The lowest BCUT2D eigenvalue weighted by Gasteiger charge is -2.39. The van der Waals surface area contributed by atoms with Crippen LogP contribution in [-0.4, -0.2) is 30.1 Å². The van der Waals surface area contributed by atoms with E-state index in [1.165, 1.54) is 0 Å². The molecule has 0 saturated carbocycles. The molecule has 1 N–H and O–H groups in total. The largest absolute Gasteiger partial charge is 0.483 e. The van der Waals surface area contributed by atoms with Crippen molar-refractivity contribution in [2.75, 3.05) is 13.7 Å².